The third kappa shape index (κ3) is 4.20. The highest BCUT2D eigenvalue weighted by atomic mass is 28.3. The Kier molecular flexibility index (Phi) is 6.44. The van der Waals surface area contributed by atoms with Gasteiger partial charge in [-0.15, -0.1) is 0 Å². The lowest BCUT2D eigenvalue weighted by Crippen LogP contribution is -2.76. The third-order valence-electron chi connectivity index (χ3n) is 11.7. The smallest absolute Gasteiger partial charge is 0.184 e. The van der Waals surface area contributed by atoms with Crippen LogP contribution in [0.2, 0.25) is 0 Å². The van der Waals surface area contributed by atoms with Crippen LogP contribution in [-0.4, -0.2) is 17.2 Å². The molecule has 0 fully saturated rings. The average molecular weight is 693 g/mol. The number of fused-ring (bicyclic) bond motifs is 8. The van der Waals surface area contributed by atoms with Crippen molar-refractivity contribution in [2.75, 3.05) is 0 Å². The van der Waals surface area contributed by atoms with E-state index in [1.54, 1.807) is 0 Å². The minimum Gasteiger partial charge on any atom is -0.309 e. The first-order chi connectivity index (χ1) is 26.1. The monoisotopic (exact) mass is 692 g/mol. The molecule has 0 radical (unpaired) electrons. The molecule has 0 saturated carbocycles. The summed E-state index contributed by atoms with van der Waals surface area (Å²) in [6.45, 7) is 4.40. The predicted octanol–water partition coefficient (Wildman–Crippen LogP) is 9.86. The van der Waals surface area contributed by atoms with Crippen LogP contribution >= 0.6 is 0 Å². The van der Waals surface area contributed by atoms with Crippen molar-refractivity contribution in [1.82, 2.24) is 9.13 Å². The zero-order valence-electron chi connectivity index (χ0n) is 29.7. The number of benzene rings is 8. The SMILES string of the molecule is Cc1ccc2c(c1)c1cc(C)ccc1n2-c1cc2c3c(c1)c1ccccc1n3-c1ccccc1[Si]2(c1ccccc1)c1cccc(-c2ccccc2)c1. The van der Waals surface area contributed by atoms with Gasteiger partial charge in [-0.3, -0.25) is 0 Å². The van der Waals surface area contributed by atoms with Crippen molar-refractivity contribution < 1.29 is 0 Å². The Hall–Kier alpha value is -6.42. The Bertz CT molecular complexity index is 3020. The van der Waals surface area contributed by atoms with Crippen molar-refractivity contribution in [3.63, 3.8) is 0 Å². The Labute approximate surface area is 309 Å². The lowest BCUT2D eigenvalue weighted by molar-refractivity contribution is 1.17. The van der Waals surface area contributed by atoms with E-state index in [4.69, 9.17) is 0 Å². The van der Waals surface area contributed by atoms with Gasteiger partial charge in [0.05, 0.1) is 22.1 Å². The molecular formula is C50H36N2Si. The normalized spacial score (nSPS) is 15.1. The number of para-hydroxylation sites is 2. The first kappa shape index (κ1) is 30.2. The van der Waals surface area contributed by atoms with E-state index in [1.807, 2.05) is 0 Å². The second-order valence-electron chi connectivity index (χ2n) is 14.7. The highest BCUT2D eigenvalue weighted by molar-refractivity contribution is 7.21. The van der Waals surface area contributed by atoms with Gasteiger partial charge in [0.15, 0.2) is 8.07 Å². The Morgan fingerprint density at radius 1 is 0.377 bits per heavy atom. The van der Waals surface area contributed by atoms with Crippen molar-refractivity contribution in [3.8, 4) is 22.5 Å². The van der Waals surface area contributed by atoms with Gasteiger partial charge in [0, 0.05) is 32.9 Å². The molecular weight excluding hydrogens is 657 g/mol. The molecule has 1 atom stereocenters. The van der Waals surface area contributed by atoms with Crippen molar-refractivity contribution in [3.05, 3.63) is 193 Å². The highest BCUT2D eigenvalue weighted by Crippen LogP contribution is 2.39. The summed E-state index contributed by atoms with van der Waals surface area (Å²) in [5.41, 5.74) is 12.6. The van der Waals surface area contributed by atoms with Crippen molar-refractivity contribution in [2.24, 2.45) is 0 Å². The molecule has 0 N–H and O–H groups in total. The maximum absolute atomic E-state index is 2.96. The van der Waals surface area contributed by atoms with Crippen LogP contribution in [0.5, 0.6) is 0 Å². The zero-order chi connectivity index (χ0) is 35.3. The van der Waals surface area contributed by atoms with Crippen LogP contribution in [0, 0.1) is 13.8 Å². The number of aryl methyl sites for hydroxylation is 2. The Balaban J connectivity index is 1.36. The number of hydrogen-bond acceptors (Lipinski definition) is 0. The molecule has 53 heavy (non-hydrogen) atoms. The van der Waals surface area contributed by atoms with Gasteiger partial charge in [-0.1, -0.05) is 145 Å². The van der Waals surface area contributed by atoms with Crippen molar-refractivity contribution in [2.45, 2.75) is 13.8 Å². The molecule has 2 aromatic heterocycles. The number of nitrogens with zero attached hydrogens (tertiary/aromatic N) is 2. The summed E-state index contributed by atoms with van der Waals surface area (Å²) in [7, 11) is -2.96. The number of hydrogen-bond donors (Lipinski definition) is 0. The predicted molar refractivity (Wildman–Crippen MR) is 227 cm³/mol. The van der Waals surface area contributed by atoms with Gasteiger partial charge < -0.3 is 9.13 Å². The summed E-state index contributed by atoms with van der Waals surface area (Å²) in [4.78, 5) is 0. The molecule has 0 aliphatic carbocycles. The van der Waals surface area contributed by atoms with E-state index in [0.29, 0.717) is 0 Å². The lowest BCUT2D eigenvalue weighted by atomic mass is 10.1. The molecule has 3 heteroatoms. The van der Waals surface area contributed by atoms with Crippen LogP contribution < -0.4 is 20.7 Å². The minimum atomic E-state index is -2.96. The van der Waals surface area contributed by atoms with E-state index in [9.17, 15) is 0 Å². The van der Waals surface area contributed by atoms with Crippen LogP contribution in [0.15, 0.2) is 182 Å². The van der Waals surface area contributed by atoms with Crippen molar-refractivity contribution in [1.29, 1.82) is 0 Å². The average Bonchev–Trinajstić information content (AvgIpc) is 3.71. The van der Waals surface area contributed by atoms with Gasteiger partial charge in [0.1, 0.15) is 0 Å². The second-order valence-corrected chi connectivity index (χ2v) is 18.4. The third-order valence-corrected chi connectivity index (χ3v) is 16.4. The van der Waals surface area contributed by atoms with Crippen LogP contribution in [0.25, 0.3) is 66.1 Å². The number of rotatable bonds is 4. The van der Waals surface area contributed by atoms with Gasteiger partial charge in [0.2, 0.25) is 0 Å². The summed E-state index contributed by atoms with van der Waals surface area (Å²) in [6, 6.07) is 68.8. The van der Waals surface area contributed by atoms with Gasteiger partial charge >= 0.3 is 0 Å². The van der Waals surface area contributed by atoms with Crippen LogP contribution in [0.1, 0.15) is 11.1 Å². The molecule has 0 saturated heterocycles. The van der Waals surface area contributed by atoms with Crippen LogP contribution in [0.3, 0.4) is 0 Å². The molecule has 250 valence electrons. The maximum Gasteiger partial charge on any atom is 0.184 e. The highest BCUT2D eigenvalue weighted by Gasteiger charge is 2.48. The Morgan fingerprint density at radius 3 is 1.74 bits per heavy atom. The molecule has 1 unspecified atom stereocenters. The van der Waals surface area contributed by atoms with Crippen LogP contribution in [0.4, 0.5) is 0 Å². The molecule has 2 nitrogen and oxygen atoms in total. The summed E-state index contributed by atoms with van der Waals surface area (Å²) in [6.07, 6.45) is 0. The molecule has 10 aromatic rings. The summed E-state index contributed by atoms with van der Waals surface area (Å²) in [5, 5.41) is 10.8. The van der Waals surface area contributed by atoms with E-state index >= 15 is 0 Å². The first-order valence-electron chi connectivity index (χ1n) is 18.5. The quantitative estimate of drug-likeness (QED) is 0.163. The molecule has 11 rings (SSSR count). The molecule has 0 spiro atoms. The van der Waals surface area contributed by atoms with E-state index in [1.165, 1.54) is 98.0 Å². The van der Waals surface area contributed by atoms with E-state index in [2.05, 4.69) is 205 Å². The molecule has 1 aliphatic heterocycles. The topological polar surface area (TPSA) is 9.86 Å². The summed E-state index contributed by atoms with van der Waals surface area (Å²) in [5.74, 6) is 0. The van der Waals surface area contributed by atoms with Crippen molar-refractivity contribution >= 4 is 72.4 Å². The summed E-state index contributed by atoms with van der Waals surface area (Å²) >= 11 is 0. The lowest BCUT2D eigenvalue weighted by Gasteiger charge is -2.40. The van der Waals surface area contributed by atoms with Crippen LogP contribution in [-0.2, 0) is 0 Å². The van der Waals surface area contributed by atoms with Gasteiger partial charge in [-0.05, 0) is 94.3 Å². The minimum absolute atomic E-state index is 1.20. The van der Waals surface area contributed by atoms with Gasteiger partial charge in [-0.2, -0.15) is 0 Å². The molecule has 0 bridgehead atoms. The maximum atomic E-state index is 2.57. The molecule has 3 heterocycles. The van der Waals surface area contributed by atoms with E-state index in [-0.39, 0.29) is 0 Å². The fourth-order valence-electron chi connectivity index (χ4n) is 9.45. The largest absolute Gasteiger partial charge is 0.309 e. The molecule has 1 aliphatic rings. The molecule has 0 amide bonds. The van der Waals surface area contributed by atoms with E-state index in [0.717, 1.165) is 0 Å². The zero-order valence-corrected chi connectivity index (χ0v) is 30.7. The molecule has 8 aromatic carbocycles. The van der Waals surface area contributed by atoms with Gasteiger partial charge in [0.25, 0.3) is 0 Å². The fraction of sp³-hybridized carbons (Fsp3) is 0.0400. The Morgan fingerprint density at radius 2 is 0.981 bits per heavy atom. The second kappa shape index (κ2) is 11.3. The summed E-state index contributed by atoms with van der Waals surface area (Å²) < 4.78 is 5.09. The van der Waals surface area contributed by atoms with Gasteiger partial charge in [-0.25, -0.2) is 0 Å². The number of aromatic nitrogens is 2. The standard InChI is InChI=1S/C50H36N2Si/c1-33-24-26-45-41(28-33)42-29-34(2)25-27-46(42)51(45)37-31-43-40-20-9-10-21-44(40)52-47-22-11-12-23-48(47)53(49(32-37)50(43)52,38-17-7-4-8-18-38)39-19-13-16-36(30-39)35-14-5-3-6-15-35/h3-32H,1-2H3. The fourth-order valence-corrected chi connectivity index (χ4v) is 14.6. The van der Waals surface area contributed by atoms with E-state index < -0.39 is 8.07 Å². The first-order valence-corrected chi connectivity index (χ1v) is 20.5.